The SMILES string of the molecule is Cc1cccc(C)c1-c1cccc2[cH-]c(C(C)(Cc3ccccc3)c3cc4c(-c5c(C)cccc5C)cccc4[cH-]3)cc12.[CH3-].[CH3-].[Hf+4]. The Morgan fingerprint density at radius 2 is 0.891 bits per heavy atom. The monoisotopic (exact) mass is 764 g/mol. The molecule has 0 N–H and O–H groups in total. The van der Waals surface area contributed by atoms with Crippen molar-refractivity contribution in [2.24, 2.45) is 0 Å². The summed E-state index contributed by atoms with van der Waals surface area (Å²) >= 11 is 0. The Hall–Kier alpha value is -3.81. The molecular weight excluding hydrogens is 719 g/mol. The molecule has 1 heteroatoms. The van der Waals surface area contributed by atoms with Crippen LogP contribution in [0.5, 0.6) is 0 Å². The van der Waals surface area contributed by atoms with Crippen molar-refractivity contribution in [3.8, 4) is 22.3 Å². The van der Waals surface area contributed by atoms with Crippen LogP contribution >= 0.6 is 0 Å². The van der Waals surface area contributed by atoms with Crippen LogP contribution in [0.15, 0.2) is 127 Å². The van der Waals surface area contributed by atoms with Gasteiger partial charge in [-0.25, -0.2) is 0 Å². The molecular formula is C45H44Hf. The van der Waals surface area contributed by atoms with Crippen molar-refractivity contribution in [1.82, 2.24) is 0 Å². The van der Waals surface area contributed by atoms with Gasteiger partial charge in [0.05, 0.1) is 0 Å². The molecule has 0 radical (unpaired) electrons. The third-order valence-electron chi connectivity index (χ3n) is 9.68. The second-order valence-corrected chi connectivity index (χ2v) is 12.6. The molecule has 0 amide bonds. The van der Waals surface area contributed by atoms with Crippen LogP contribution < -0.4 is 0 Å². The molecule has 7 rings (SSSR count). The molecule has 0 bridgehead atoms. The van der Waals surface area contributed by atoms with Crippen LogP contribution in [0.3, 0.4) is 0 Å². The van der Waals surface area contributed by atoms with Gasteiger partial charge in [0.15, 0.2) is 0 Å². The molecule has 0 aliphatic heterocycles. The van der Waals surface area contributed by atoms with Crippen molar-refractivity contribution < 1.29 is 25.8 Å². The van der Waals surface area contributed by atoms with Crippen LogP contribution in [-0.2, 0) is 37.7 Å². The Balaban J connectivity index is 0.00000160. The summed E-state index contributed by atoms with van der Waals surface area (Å²) in [5.41, 5.74) is 14.5. The molecule has 7 aromatic carbocycles. The molecule has 228 valence electrons. The summed E-state index contributed by atoms with van der Waals surface area (Å²) in [7, 11) is 0. The number of hydrogen-bond acceptors (Lipinski definition) is 0. The van der Waals surface area contributed by atoms with E-state index in [1.807, 2.05) is 0 Å². The molecule has 0 heterocycles. The average Bonchev–Trinajstić information content (AvgIpc) is 3.64. The minimum absolute atomic E-state index is 0. The first kappa shape index (κ1) is 35.1. The van der Waals surface area contributed by atoms with E-state index in [0.29, 0.717) is 0 Å². The summed E-state index contributed by atoms with van der Waals surface area (Å²) in [5.74, 6) is 0. The van der Waals surface area contributed by atoms with Crippen molar-refractivity contribution in [2.45, 2.75) is 46.5 Å². The molecule has 46 heavy (non-hydrogen) atoms. The van der Waals surface area contributed by atoms with E-state index in [2.05, 4.69) is 162 Å². The van der Waals surface area contributed by atoms with Gasteiger partial charge < -0.3 is 14.9 Å². The zero-order chi connectivity index (χ0) is 29.7. The molecule has 0 saturated carbocycles. The van der Waals surface area contributed by atoms with Crippen LogP contribution in [0.25, 0.3) is 43.8 Å². The maximum absolute atomic E-state index is 2.48. The molecule has 0 unspecified atom stereocenters. The summed E-state index contributed by atoms with van der Waals surface area (Å²) in [6.45, 7) is 11.4. The smallest absolute Gasteiger partial charge is 0.358 e. The molecule has 0 fully saturated rings. The number of hydrogen-bond donors (Lipinski definition) is 0. The molecule has 0 aromatic heterocycles. The van der Waals surface area contributed by atoms with Crippen molar-refractivity contribution in [3.63, 3.8) is 0 Å². The standard InChI is InChI=1S/C43H38.2CH3.Hf/c1-28-13-9-14-29(2)41(28)37-21-11-19-33-23-35(25-39(33)37)43(5,27-32-17-7-6-8-18-32)36-24-34-20-12-22-38(40(34)26-36)42-30(3)15-10-16-31(42)4;;;/h6-26H,27H2,1-5H3;2*1H3;/q-2;2*-1;+4. The van der Waals surface area contributed by atoms with Crippen molar-refractivity contribution in [1.29, 1.82) is 0 Å². The fraction of sp³-hybridized carbons (Fsp3) is 0.156. The Morgan fingerprint density at radius 3 is 1.30 bits per heavy atom. The predicted molar refractivity (Wildman–Crippen MR) is 198 cm³/mol. The average molecular weight is 763 g/mol. The molecule has 0 spiro atoms. The number of aryl methyl sites for hydroxylation is 4. The zero-order valence-corrected chi connectivity index (χ0v) is 31.9. The molecule has 7 aromatic rings. The number of fused-ring (bicyclic) bond motifs is 2. The first-order chi connectivity index (χ1) is 20.8. The van der Waals surface area contributed by atoms with Crippen molar-refractivity contribution >= 4 is 21.5 Å². The Kier molecular flexibility index (Phi) is 10.6. The van der Waals surface area contributed by atoms with E-state index in [1.54, 1.807) is 0 Å². The van der Waals surface area contributed by atoms with E-state index in [0.717, 1.165) is 6.42 Å². The van der Waals surface area contributed by atoms with Gasteiger partial charge in [-0.3, -0.25) is 0 Å². The Bertz CT molecular complexity index is 1930. The summed E-state index contributed by atoms with van der Waals surface area (Å²) in [5, 5.41) is 5.28. The number of rotatable bonds is 6. The van der Waals surface area contributed by atoms with E-state index < -0.39 is 0 Å². The quantitative estimate of drug-likeness (QED) is 0.117. The maximum atomic E-state index is 2.48. The normalized spacial score (nSPS) is 11.2. The predicted octanol–water partition coefficient (Wildman–Crippen LogP) is 12.4. The van der Waals surface area contributed by atoms with Gasteiger partial charge in [-0.2, -0.15) is 12.1 Å². The van der Waals surface area contributed by atoms with E-state index in [9.17, 15) is 0 Å². The minimum Gasteiger partial charge on any atom is -0.358 e. The fourth-order valence-corrected chi connectivity index (χ4v) is 7.40. The van der Waals surface area contributed by atoms with E-state index >= 15 is 0 Å². The molecule has 0 atom stereocenters. The fourth-order valence-electron chi connectivity index (χ4n) is 7.40. The first-order valence-electron chi connectivity index (χ1n) is 15.4. The maximum Gasteiger partial charge on any atom is 4.00 e. The summed E-state index contributed by atoms with van der Waals surface area (Å²) in [6.07, 6.45) is 0.929. The Labute approximate surface area is 295 Å². The van der Waals surface area contributed by atoms with E-state index in [4.69, 9.17) is 0 Å². The van der Waals surface area contributed by atoms with Gasteiger partial charge in [-0.1, -0.05) is 96.9 Å². The van der Waals surface area contributed by atoms with Gasteiger partial charge in [0.2, 0.25) is 0 Å². The largest absolute Gasteiger partial charge is 4.00 e. The minimum atomic E-state index is -0.213. The van der Waals surface area contributed by atoms with Crippen LogP contribution in [0.1, 0.15) is 45.9 Å². The third kappa shape index (κ3) is 6.03. The summed E-state index contributed by atoms with van der Waals surface area (Å²) < 4.78 is 0. The van der Waals surface area contributed by atoms with Gasteiger partial charge >= 0.3 is 25.8 Å². The van der Waals surface area contributed by atoms with Gasteiger partial charge in [0.25, 0.3) is 0 Å². The number of benzene rings is 5. The molecule has 0 aliphatic rings. The van der Waals surface area contributed by atoms with E-state index in [1.165, 1.54) is 82.7 Å². The third-order valence-corrected chi connectivity index (χ3v) is 9.68. The van der Waals surface area contributed by atoms with E-state index in [-0.39, 0.29) is 46.1 Å². The second kappa shape index (κ2) is 13.9. The van der Waals surface area contributed by atoms with Crippen LogP contribution in [0.4, 0.5) is 0 Å². The Morgan fingerprint density at radius 1 is 0.500 bits per heavy atom. The van der Waals surface area contributed by atoms with Crippen LogP contribution in [0, 0.1) is 42.5 Å². The van der Waals surface area contributed by atoms with Gasteiger partial charge in [0.1, 0.15) is 0 Å². The van der Waals surface area contributed by atoms with Gasteiger partial charge in [0, 0.05) is 0 Å². The van der Waals surface area contributed by atoms with Crippen molar-refractivity contribution in [3.05, 3.63) is 181 Å². The first-order valence-corrected chi connectivity index (χ1v) is 15.4. The molecule has 0 saturated heterocycles. The topological polar surface area (TPSA) is 0 Å². The van der Waals surface area contributed by atoms with Crippen molar-refractivity contribution in [2.75, 3.05) is 0 Å². The summed E-state index contributed by atoms with van der Waals surface area (Å²) in [4.78, 5) is 0. The van der Waals surface area contributed by atoms with Gasteiger partial charge in [-0.15, -0.1) is 69.1 Å². The van der Waals surface area contributed by atoms with Crippen LogP contribution in [-0.4, -0.2) is 0 Å². The molecule has 0 aliphatic carbocycles. The second-order valence-electron chi connectivity index (χ2n) is 12.6. The summed E-state index contributed by atoms with van der Waals surface area (Å²) in [6, 6.07) is 47.6. The zero-order valence-electron chi connectivity index (χ0n) is 28.3. The molecule has 0 nitrogen and oxygen atoms in total. The van der Waals surface area contributed by atoms with Crippen LogP contribution in [0.2, 0.25) is 0 Å². The van der Waals surface area contributed by atoms with Gasteiger partial charge in [-0.05, 0) is 78.5 Å².